The first kappa shape index (κ1) is 15.7. The molecule has 22 heavy (non-hydrogen) atoms. The van der Waals surface area contributed by atoms with Crippen molar-refractivity contribution in [2.75, 3.05) is 13.7 Å². The number of carbonyl (C=O) groups excluding carboxylic acids is 1. The predicted molar refractivity (Wildman–Crippen MR) is 85.4 cm³/mol. The highest BCUT2D eigenvalue weighted by Gasteiger charge is 2.57. The molecule has 6 heteroatoms. The molecule has 0 saturated heterocycles. The molecule has 1 saturated carbocycles. The molecule has 3 rings (SSSR count). The molecule has 0 bridgehead atoms. The standard InChI is InChI=1S/C16H22ClN3O2/c1-9-13-7-11(17)5-6-12(13)14(19-8-10-3-4-10)16(9,20-18)15(21)22-2/h5-7,9-10,14,19-20H,3-4,8,18H2,1-2H3. The maximum absolute atomic E-state index is 12.6. The van der Waals surface area contributed by atoms with Gasteiger partial charge in [0.2, 0.25) is 0 Å². The molecule has 3 unspecified atom stereocenters. The average molecular weight is 324 g/mol. The molecule has 1 fully saturated rings. The second-order valence-electron chi connectivity index (χ2n) is 6.28. The number of hydrazine groups is 1. The van der Waals surface area contributed by atoms with Crippen molar-refractivity contribution in [1.29, 1.82) is 0 Å². The average Bonchev–Trinajstić information content (AvgIpc) is 3.31. The molecule has 0 heterocycles. The van der Waals surface area contributed by atoms with E-state index >= 15 is 0 Å². The van der Waals surface area contributed by atoms with Gasteiger partial charge in [-0.1, -0.05) is 24.6 Å². The Morgan fingerprint density at radius 2 is 2.18 bits per heavy atom. The minimum atomic E-state index is -1.02. The number of ether oxygens (including phenoxy) is 1. The molecule has 2 aliphatic rings. The third-order valence-corrected chi connectivity index (χ3v) is 5.27. The van der Waals surface area contributed by atoms with Gasteiger partial charge in [0, 0.05) is 10.9 Å². The molecule has 0 radical (unpaired) electrons. The predicted octanol–water partition coefficient (Wildman–Crippen LogP) is 1.87. The number of hydrogen-bond acceptors (Lipinski definition) is 5. The van der Waals surface area contributed by atoms with Gasteiger partial charge in [-0.15, -0.1) is 0 Å². The van der Waals surface area contributed by atoms with E-state index in [0.717, 1.165) is 17.7 Å². The van der Waals surface area contributed by atoms with Gasteiger partial charge in [-0.2, -0.15) is 0 Å². The van der Waals surface area contributed by atoms with Crippen LogP contribution in [0, 0.1) is 5.92 Å². The SMILES string of the molecule is COC(=O)C1(NN)C(C)c2cc(Cl)ccc2C1NCC1CC1. The number of methoxy groups -OCH3 is 1. The molecule has 2 aliphatic carbocycles. The zero-order valence-corrected chi connectivity index (χ0v) is 13.6. The van der Waals surface area contributed by atoms with E-state index in [1.807, 2.05) is 25.1 Å². The van der Waals surface area contributed by atoms with Crippen LogP contribution >= 0.6 is 11.6 Å². The lowest BCUT2D eigenvalue weighted by Crippen LogP contribution is -2.63. The molecule has 5 nitrogen and oxygen atoms in total. The number of esters is 1. The van der Waals surface area contributed by atoms with E-state index in [-0.39, 0.29) is 17.9 Å². The van der Waals surface area contributed by atoms with Crippen LogP contribution in [0.2, 0.25) is 5.02 Å². The van der Waals surface area contributed by atoms with Crippen molar-refractivity contribution in [2.24, 2.45) is 11.8 Å². The minimum absolute atomic E-state index is 0.143. The Morgan fingerprint density at radius 3 is 2.77 bits per heavy atom. The van der Waals surface area contributed by atoms with Crippen molar-refractivity contribution < 1.29 is 9.53 Å². The van der Waals surface area contributed by atoms with Crippen LogP contribution < -0.4 is 16.6 Å². The summed E-state index contributed by atoms with van der Waals surface area (Å²) in [6.07, 6.45) is 2.48. The Bertz CT molecular complexity index is 591. The number of nitrogens with one attached hydrogen (secondary N) is 2. The second kappa shape index (κ2) is 5.81. The summed E-state index contributed by atoms with van der Waals surface area (Å²) in [6, 6.07) is 5.51. The zero-order chi connectivity index (χ0) is 15.9. The molecule has 1 aromatic carbocycles. The first-order valence-electron chi connectivity index (χ1n) is 7.63. The highest BCUT2D eigenvalue weighted by molar-refractivity contribution is 6.30. The molecule has 0 aromatic heterocycles. The number of nitrogens with two attached hydrogens (primary N) is 1. The number of halogens is 1. The van der Waals surface area contributed by atoms with Crippen LogP contribution in [0.1, 0.15) is 42.9 Å². The van der Waals surface area contributed by atoms with E-state index in [0.29, 0.717) is 10.9 Å². The molecule has 4 N–H and O–H groups in total. The van der Waals surface area contributed by atoms with Crippen molar-refractivity contribution in [3.63, 3.8) is 0 Å². The van der Waals surface area contributed by atoms with E-state index in [1.54, 1.807) is 0 Å². The molecule has 3 atom stereocenters. The van der Waals surface area contributed by atoms with Crippen molar-refractivity contribution in [2.45, 2.75) is 37.3 Å². The molecule has 0 aliphatic heterocycles. The maximum Gasteiger partial charge on any atom is 0.330 e. The summed E-state index contributed by atoms with van der Waals surface area (Å²) in [5.74, 6) is 6.03. The molecular formula is C16H22ClN3O2. The summed E-state index contributed by atoms with van der Waals surface area (Å²) in [6.45, 7) is 2.85. The van der Waals surface area contributed by atoms with E-state index in [2.05, 4.69) is 10.7 Å². The quantitative estimate of drug-likeness (QED) is 0.438. The third-order valence-electron chi connectivity index (χ3n) is 5.03. The Balaban J connectivity index is 2.04. The Morgan fingerprint density at radius 1 is 1.45 bits per heavy atom. The van der Waals surface area contributed by atoms with Gasteiger partial charge in [0.1, 0.15) is 0 Å². The van der Waals surface area contributed by atoms with Crippen LogP contribution in [0.3, 0.4) is 0 Å². The van der Waals surface area contributed by atoms with Crippen molar-refractivity contribution >= 4 is 17.6 Å². The fourth-order valence-corrected chi connectivity index (χ4v) is 3.71. The molecule has 1 aromatic rings. The minimum Gasteiger partial charge on any atom is -0.468 e. The molecule has 120 valence electrons. The fraction of sp³-hybridized carbons (Fsp3) is 0.562. The van der Waals surface area contributed by atoms with Crippen LogP contribution in [0.15, 0.2) is 18.2 Å². The van der Waals surface area contributed by atoms with Gasteiger partial charge in [-0.25, -0.2) is 10.2 Å². The van der Waals surface area contributed by atoms with Crippen LogP contribution in [0.4, 0.5) is 0 Å². The Kier molecular flexibility index (Phi) is 4.16. The van der Waals surface area contributed by atoms with E-state index in [1.165, 1.54) is 20.0 Å². The van der Waals surface area contributed by atoms with Gasteiger partial charge in [0.15, 0.2) is 5.54 Å². The number of hydrogen-bond donors (Lipinski definition) is 3. The van der Waals surface area contributed by atoms with Gasteiger partial charge < -0.3 is 10.1 Å². The molecule has 0 spiro atoms. The number of rotatable bonds is 5. The topological polar surface area (TPSA) is 76.4 Å². The summed E-state index contributed by atoms with van der Waals surface area (Å²) in [4.78, 5) is 12.6. The second-order valence-corrected chi connectivity index (χ2v) is 6.72. The summed E-state index contributed by atoms with van der Waals surface area (Å²) in [5, 5.41) is 4.18. The number of fused-ring (bicyclic) bond motifs is 1. The van der Waals surface area contributed by atoms with Gasteiger partial charge in [-0.3, -0.25) is 5.84 Å². The summed E-state index contributed by atoms with van der Waals surface area (Å²) in [5.41, 5.74) is 3.83. The Hall–Kier alpha value is -1.14. The fourth-order valence-electron chi connectivity index (χ4n) is 3.53. The van der Waals surface area contributed by atoms with E-state index < -0.39 is 5.54 Å². The van der Waals surface area contributed by atoms with Gasteiger partial charge in [0.05, 0.1) is 13.2 Å². The largest absolute Gasteiger partial charge is 0.468 e. The van der Waals surface area contributed by atoms with Crippen molar-refractivity contribution in [3.05, 3.63) is 34.3 Å². The molecule has 0 amide bonds. The lowest BCUT2D eigenvalue weighted by Gasteiger charge is -2.36. The first-order chi connectivity index (χ1) is 10.5. The van der Waals surface area contributed by atoms with Gasteiger partial charge in [0.25, 0.3) is 0 Å². The van der Waals surface area contributed by atoms with Crippen LogP contribution in [0.25, 0.3) is 0 Å². The van der Waals surface area contributed by atoms with Gasteiger partial charge >= 0.3 is 5.97 Å². The van der Waals surface area contributed by atoms with Crippen LogP contribution in [-0.4, -0.2) is 25.2 Å². The zero-order valence-electron chi connectivity index (χ0n) is 12.9. The highest BCUT2D eigenvalue weighted by atomic mass is 35.5. The summed E-state index contributed by atoms with van der Waals surface area (Å²) in [7, 11) is 1.39. The smallest absolute Gasteiger partial charge is 0.330 e. The number of carbonyl (C=O) groups is 1. The normalized spacial score (nSPS) is 30.2. The van der Waals surface area contributed by atoms with E-state index in [9.17, 15) is 4.79 Å². The lowest BCUT2D eigenvalue weighted by atomic mass is 9.83. The third kappa shape index (κ3) is 2.33. The van der Waals surface area contributed by atoms with Crippen molar-refractivity contribution in [1.82, 2.24) is 10.7 Å². The van der Waals surface area contributed by atoms with E-state index in [4.69, 9.17) is 22.2 Å². The van der Waals surface area contributed by atoms with Gasteiger partial charge in [-0.05, 0) is 48.6 Å². The maximum atomic E-state index is 12.6. The Labute approximate surface area is 135 Å². The van der Waals surface area contributed by atoms with Crippen LogP contribution in [-0.2, 0) is 9.53 Å². The first-order valence-corrected chi connectivity index (χ1v) is 8.01. The molecular weight excluding hydrogens is 302 g/mol. The summed E-state index contributed by atoms with van der Waals surface area (Å²) >= 11 is 6.14. The lowest BCUT2D eigenvalue weighted by molar-refractivity contribution is -0.150. The summed E-state index contributed by atoms with van der Waals surface area (Å²) < 4.78 is 5.06. The number of benzene rings is 1. The van der Waals surface area contributed by atoms with Crippen molar-refractivity contribution in [3.8, 4) is 0 Å². The van der Waals surface area contributed by atoms with Crippen LogP contribution in [0.5, 0.6) is 0 Å². The monoisotopic (exact) mass is 323 g/mol. The highest BCUT2D eigenvalue weighted by Crippen LogP contribution is 2.49.